The molecule has 19 heavy (non-hydrogen) atoms. The van der Waals surface area contributed by atoms with E-state index in [-0.39, 0.29) is 5.91 Å². The van der Waals surface area contributed by atoms with Gasteiger partial charge in [0.25, 0.3) is 5.91 Å². The Kier molecular flexibility index (Phi) is 4.64. The molecule has 0 aromatic carbocycles. The topological polar surface area (TPSA) is 62.5 Å². The van der Waals surface area contributed by atoms with Gasteiger partial charge in [0.1, 0.15) is 5.76 Å². The first-order valence-corrected chi connectivity index (χ1v) is 7.21. The van der Waals surface area contributed by atoms with Crippen molar-refractivity contribution in [1.82, 2.24) is 5.32 Å². The highest BCUT2D eigenvalue weighted by Crippen LogP contribution is 2.26. The number of hydrogen-bond donors (Lipinski definition) is 2. The summed E-state index contributed by atoms with van der Waals surface area (Å²) in [5, 5.41) is 13.3. The smallest absolute Gasteiger partial charge is 0.254 e. The van der Waals surface area contributed by atoms with Gasteiger partial charge in [-0.05, 0) is 18.9 Å². The second kappa shape index (κ2) is 6.24. The van der Waals surface area contributed by atoms with Crippen LogP contribution in [0.2, 0.25) is 0 Å². The Morgan fingerprint density at radius 3 is 2.68 bits per heavy atom. The van der Waals surface area contributed by atoms with Crippen molar-refractivity contribution in [3.8, 4) is 0 Å². The Labute approximate surface area is 114 Å². The van der Waals surface area contributed by atoms with Gasteiger partial charge < -0.3 is 14.8 Å². The van der Waals surface area contributed by atoms with Crippen LogP contribution in [0.25, 0.3) is 0 Å². The lowest BCUT2D eigenvalue weighted by atomic mass is 9.94. The largest absolute Gasteiger partial charge is 0.469 e. The predicted octanol–water partition coefficient (Wildman–Crippen LogP) is 2.66. The number of carbonyl (C=O) groups excluding carboxylic acids is 1. The average molecular weight is 265 g/mol. The van der Waals surface area contributed by atoms with Crippen LogP contribution in [0.3, 0.4) is 0 Å². The third-order valence-corrected chi connectivity index (χ3v) is 3.92. The summed E-state index contributed by atoms with van der Waals surface area (Å²) in [5.74, 6) is 0.550. The maximum atomic E-state index is 12.1. The van der Waals surface area contributed by atoms with Gasteiger partial charge in [0.05, 0.1) is 17.4 Å². The Bertz CT molecular complexity index is 417. The zero-order valence-corrected chi connectivity index (χ0v) is 11.6. The van der Waals surface area contributed by atoms with Crippen molar-refractivity contribution < 1.29 is 14.3 Å². The van der Waals surface area contributed by atoms with E-state index in [4.69, 9.17) is 4.42 Å². The number of furan rings is 1. The van der Waals surface area contributed by atoms with E-state index < -0.39 is 5.60 Å². The fraction of sp³-hybridized carbons (Fsp3) is 0.667. The van der Waals surface area contributed by atoms with E-state index in [1.807, 2.05) is 6.92 Å². The molecular weight excluding hydrogens is 242 g/mol. The van der Waals surface area contributed by atoms with Gasteiger partial charge in [0.2, 0.25) is 0 Å². The molecule has 1 aliphatic rings. The van der Waals surface area contributed by atoms with E-state index in [2.05, 4.69) is 5.32 Å². The zero-order chi connectivity index (χ0) is 13.7. The van der Waals surface area contributed by atoms with Crippen LogP contribution in [-0.2, 0) is 6.42 Å². The molecule has 1 aromatic rings. The first kappa shape index (κ1) is 14.1. The zero-order valence-electron chi connectivity index (χ0n) is 11.6. The van der Waals surface area contributed by atoms with Gasteiger partial charge in [0.15, 0.2) is 0 Å². The molecule has 4 heteroatoms. The lowest BCUT2D eigenvalue weighted by Crippen LogP contribution is -2.42. The highest BCUT2D eigenvalue weighted by Gasteiger charge is 2.28. The molecule has 2 N–H and O–H groups in total. The normalized spacial score (nSPS) is 18.8. The molecule has 4 nitrogen and oxygen atoms in total. The summed E-state index contributed by atoms with van der Waals surface area (Å²) in [6, 6.07) is 1.69. The Morgan fingerprint density at radius 2 is 2.05 bits per heavy atom. The summed E-state index contributed by atoms with van der Waals surface area (Å²) >= 11 is 0. The third kappa shape index (κ3) is 3.60. The Balaban J connectivity index is 1.92. The van der Waals surface area contributed by atoms with E-state index in [9.17, 15) is 9.90 Å². The Hall–Kier alpha value is -1.29. The lowest BCUT2D eigenvalue weighted by Gasteiger charge is -2.26. The highest BCUT2D eigenvalue weighted by atomic mass is 16.3. The molecule has 0 saturated heterocycles. The van der Waals surface area contributed by atoms with Crippen molar-refractivity contribution >= 4 is 5.91 Å². The molecule has 0 spiro atoms. The maximum absolute atomic E-state index is 12.1. The number of hydrogen-bond acceptors (Lipinski definition) is 3. The number of rotatable bonds is 4. The van der Waals surface area contributed by atoms with Gasteiger partial charge in [-0.25, -0.2) is 0 Å². The molecule has 1 aromatic heterocycles. The quantitative estimate of drug-likeness (QED) is 0.823. The monoisotopic (exact) mass is 265 g/mol. The van der Waals surface area contributed by atoms with E-state index in [1.54, 1.807) is 6.07 Å². The standard InChI is InChI=1S/C15H23NO3/c1-2-13-12(7-10-19-13)14(17)16-11-15(18)8-5-3-4-6-9-15/h7,10,18H,2-6,8-9,11H2,1H3,(H,16,17). The first-order valence-electron chi connectivity index (χ1n) is 7.21. The molecule has 0 radical (unpaired) electrons. The molecule has 1 amide bonds. The molecule has 1 saturated carbocycles. The minimum Gasteiger partial charge on any atom is -0.469 e. The van der Waals surface area contributed by atoms with Gasteiger partial charge in [0, 0.05) is 13.0 Å². The van der Waals surface area contributed by atoms with E-state index in [1.165, 1.54) is 19.1 Å². The van der Waals surface area contributed by atoms with Gasteiger partial charge in [-0.15, -0.1) is 0 Å². The van der Waals surface area contributed by atoms with Gasteiger partial charge in [-0.2, -0.15) is 0 Å². The number of carbonyl (C=O) groups is 1. The Morgan fingerprint density at radius 1 is 1.37 bits per heavy atom. The average Bonchev–Trinajstić information content (AvgIpc) is 2.79. The van der Waals surface area contributed by atoms with Crippen LogP contribution in [0.15, 0.2) is 16.7 Å². The minimum absolute atomic E-state index is 0.150. The van der Waals surface area contributed by atoms with Crippen LogP contribution in [0.1, 0.15) is 61.6 Å². The molecule has 1 aliphatic carbocycles. The predicted molar refractivity (Wildman–Crippen MR) is 73.1 cm³/mol. The summed E-state index contributed by atoms with van der Waals surface area (Å²) in [6.07, 6.45) is 8.22. The SMILES string of the molecule is CCc1occc1C(=O)NCC1(O)CCCCCC1. The molecular formula is C15H23NO3. The second-order valence-electron chi connectivity index (χ2n) is 5.43. The molecule has 0 atom stereocenters. The molecule has 1 heterocycles. The first-order chi connectivity index (χ1) is 9.14. The maximum Gasteiger partial charge on any atom is 0.254 e. The minimum atomic E-state index is -0.734. The summed E-state index contributed by atoms with van der Waals surface area (Å²) in [4.78, 5) is 12.1. The fourth-order valence-corrected chi connectivity index (χ4v) is 2.72. The van der Waals surface area contributed by atoms with E-state index in [0.29, 0.717) is 24.3 Å². The lowest BCUT2D eigenvalue weighted by molar-refractivity contribution is 0.0246. The molecule has 106 valence electrons. The van der Waals surface area contributed by atoms with E-state index in [0.717, 1.165) is 25.7 Å². The molecule has 0 unspecified atom stereocenters. The number of amides is 1. The second-order valence-corrected chi connectivity index (χ2v) is 5.43. The van der Waals surface area contributed by atoms with Gasteiger partial charge >= 0.3 is 0 Å². The van der Waals surface area contributed by atoms with Crippen molar-refractivity contribution in [2.45, 2.75) is 57.5 Å². The summed E-state index contributed by atoms with van der Waals surface area (Å²) in [7, 11) is 0. The summed E-state index contributed by atoms with van der Waals surface area (Å²) in [5.41, 5.74) is -0.151. The number of aryl methyl sites for hydroxylation is 1. The van der Waals surface area contributed by atoms with Gasteiger partial charge in [-0.1, -0.05) is 32.6 Å². The third-order valence-electron chi connectivity index (χ3n) is 3.92. The van der Waals surface area contributed by atoms with Crippen LogP contribution >= 0.6 is 0 Å². The van der Waals surface area contributed by atoms with Crippen molar-refractivity contribution in [3.05, 3.63) is 23.7 Å². The summed E-state index contributed by atoms with van der Waals surface area (Å²) in [6.45, 7) is 2.29. The molecule has 2 rings (SSSR count). The van der Waals surface area contributed by atoms with Crippen molar-refractivity contribution in [3.63, 3.8) is 0 Å². The van der Waals surface area contributed by atoms with Crippen molar-refractivity contribution in [2.24, 2.45) is 0 Å². The number of nitrogens with one attached hydrogen (secondary N) is 1. The van der Waals surface area contributed by atoms with Crippen LogP contribution in [0, 0.1) is 0 Å². The highest BCUT2D eigenvalue weighted by molar-refractivity contribution is 5.95. The fourth-order valence-electron chi connectivity index (χ4n) is 2.72. The van der Waals surface area contributed by atoms with Crippen LogP contribution in [0.5, 0.6) is 0 Å². The molecule has 1 fully saturated rings. The van der Waals surface area contributed by atoms with Crippen molar-refractivity contribution in [1.29, 1.82) is 0 Å². The molecule has 0 bridgehead atoms. The van der Waals surface area contributed by atoms with Gasteiger partial charge in [-0.3, -0.25) is 4.79 Å². The number of aliphatic hydroxyl groups is 1. The van der Waals surface area contributed by atoms with Crippen LogP contribution in [0.4, 0.5) is 0 Å². The summed E-state index contributed by atoms with van der Waals surface area (Å²) < 4.78 is 5.25. The van der Waals surface area contributed by atoms with Crippen molar-refractivity contribution in [2.75, 3.05) is 6.54 Å². The molecule has 0 aliphatic heterocycles. The van der Waals surface area contributed by atoms with Crippen LogP contribution < -0.4 is 5.32 Å². The van der Waals surface area contributed by atoms with E-state index >= 15 is 0 Å². The van der Waals surface area contributed by atoms with Crippen LogP contribution in [-0.4, -0.2) is 23.2 Å².